The predicted octanol–water partition coefficient (Wildman–Crippen LogP) is 7.28. The number of carbonyl (C=O) groups excluding carboxylic acids is 4. The second-order valence-corrected chi connectivity index (χ2v) is 13.4. The van der Waals surface area contributed by atoms with E-state index in [0.717, 1.165) is 32.8 Å². The molecule has 0 aliphatic heterocycles. The van der Waals surface area contributed by atoms with Crippen molar-refractivity contribution in [1.82, 2.24) is 0 Å². The fraction of sp³-hybridized carbons (Fsp3) is 0.714. The minimum Gasteiger partial charge on any atom is -0.469 e. The second kappa shape index (κ2) is 17.9. The van der Waals surface area contributed by atoms with Crippen LogP contribution < -0.4 is 0 Å². The van der Waals surface area contributed by atoms with Crippen LogP contribution in [0.5, 0.6) is 0 Å². The molecule has 0 spiro atoms. The number of benzene rings is 1. The van der Waals surface area contributed by atoms with E-state index in [9.17, 15) is 37.5 Å². The Balaban J connectivity index is 2.87. The standard InChI is InChI=1S/C35H53F3O8/c1-24(18-19-29(40)32(4,5)21-13-15-25(2)39)14-12-22-33(6,43)23-20-28(26(3)30(41)44-7)46-31(42)34(45-8,35(36,37)38)27-16-10-9-11-17-27/h9-11,16-17,24,26,28,43H,12-15,18-23H2,1-8H3/t24?,26-,28-,33-,34+/m1/s1. The SMILES string of the molecule is COC(=O)[C@H](C)[C@@H](CC[C@](C)(O)CCCC(C)CCC(=O)C(C)(C)CCCC(C)=O)OC(=O)[C@@](OC)(c1ccccc1)C(F)(F)F. The summed E-state index contributed by atoms with van der Waals surface area (Å²) in [7, 11) is 1.89. The molecule has 11 heteroatoms. The average Bonchev–Trinajstić information content (AvgIpc) is 2.97. The van der Waals surface area contributed by atoms with Gasteiger partial charge in [-0.05, 0) is 65.2 Å². The lowest BCUT2D eigenvalue weighted by Gasteiger charge is -2.35. The maximum Gasteiger partial charge on any atom is 0.432 e. The molecule has 1 rings (SSSR count). The van der Waals surface area contributed by atoms with Gasteiger partial charge in [-0.2, -0.15) is 13.2 Å². The molecule has 8 nitrogen and oxygen atoms in total. The molecule has 0 aliphatic carbocycles. The van der Waals surface area contributed by atoms with Crippen LogP contribution in [-0.2, 0) is 39.0 Å². The Hall–Kier alpha value is -2.79. The van der Waals surface area contributed by atoms with E-state index in [-0.39, 0.29) is 30.3 Å². The zero-order valence-electron chi connectivity index (χ0n) is 28.6. The van der Waals surface area contributed by atoms with Gasteiger partial charge in [0.25, 0.3) is 5.60 Å². The van der Waals surface area contributed by atoms with Crippen molar-refractivity contribution >= 4 is 23.5 Å². The largest absolute Gasteiger partial charge is 0.469 e. The third-order valence-corrected chi connectivity index (χ3v) is 8.89. The molecule has 1 aromatic rings. The summed E-state index contributed by atoms with van der Waals surface area (Å²) in [5.74, 6) is -3.14. The Morgan fingerprint density at radius 1 is 0.848 bits per heavy atom. The van der Waals surface area contributed by atoms with Crippen LogP contribution in [0.2, 0.25) is 0 Å². The molecule has 0 amide bonds. The Morgan fingerprint density at radius 3 is 1.98 bits per heavy atom. The van der Waals surface area contributed by atoms with Crippen molar-refractivity contribution in [2.24, 2.45) is 17.3 Å². The number of esters is 2. The number of alkyl halides is 3. The van der Waals surface area contributed by atoms with Crippen molar-refractivity contribution in [3.63, 3.8) is 0 Å². The maximum absolute atomic E-state index is 14.4. The summed E-state index contributed by atoms with van der Waals surface area (Å²) < 4.78 is 58.2. The normalized spacial score (nSPS) is 16.8. The molecule has 0 bridgehead atoms. The summed E-state index contributed by atoms with van der Waals surface area (Å²) in [5, 5.41) is 11.1. The highest BCUT2D eigenvalue weighted by molar-refractivity contribution is 5.84. The predicted molar refractivity (Wildman–Crippen MR) is 168 cm³/mol. The highest BCUT2D eigenvalue weighted by atomic mass is 19.4. The number of Topliss-reactive ketones (excluding diaryl/α,β-unsaturated/α-hetero) is 2. The molecule has 0 saturated heterocycles. The maximum atomic E-state index is 14.4. The number of ketones is 2. The number of aliphatic hydroxyl groups is 1. The third-order valence-electron chi connectivity index (χ3n) is 8.89. The lowest BCUT2D eigenvalue weighted by atomic mass is 9.79. The first-order valence-electron chi connectivity index (χ1n) is 16.0. The quantitative estimate of drug-likeness (QED) is 0.137. The lowest BCUT2D eigenvalue weighted by Crippen LogP contribution is -2.53. The molecule has 0 aliphatic rings. The summed E-state index contributed by atoms with van der Waals surface area (Å²) >= 11 is 0. The zero-order valence-corrected chi connectivity index (χ0v) is 28.6. The van der Waals surface area contributed by atoms with Crippen molar-refractivity contribution in [3.8, 4) is 0 Å². The van der Waals surface area contributed by atoms with Crippen LogP contribution in [0.1, 0.15) is 111 Å². The van der Waals surface area contributed by atoms with Gasteiger partial charge in [0, 0.05) is 30.9 Å². The van der Waals surface area contributed by atoms with Crippen LogP contribution in [0.4, 0.5) is 13.2 Å². The Bertz CT molecular complexity index is 1130. The van der Waals surface area contributed by atoms with Crippen molar-refractivity contribution < 1.29 is 51.7 Å². The van der Waals surface area contributed by atoms with Crippen LogP contribution in [0, 0.1) is 17.3 Å². The number of carbonyl (C=O) groups is 4. The highest BCUT2D eigenvalue weighted by Gasteiger charge is 2.64. The van der Waals surface area contributed by atoms with Gasteiger partial charge in [-0.25, -0.2) is 4.79 Å². The molecule has 1 N–H and O–H groups in total. The van der Waals surface area contributed by atoms with E-state index in [4.69, 9.17) is 14.2 Å². The van der Waals surface area contributed by atoms with Crippen LogP contribution in [-0.4, -0.2) is 60.7 Å². The number of halogens is 3. The highest BCUT2D eigenvalue weighted by Crippen LogP contribution is 2.43. The van der Waals surface area contributed by atoms with Gasteiger partial charge in [-0.3, -0.25) is 9.59 Å². The summed E-state index contributed by atoms with van der Waals surface area (Å²) in [4.78, 5) is 49.6. The van der Waals surface area contributed by atoms with Crippen LogP contribution in [0.25, 0.3) is 0 Å². The Labute approximate surface area is 271 Å². The zero-order chi connectivity index (χ0) is 35.3. The van der Waals surface area contributed by atoms with E-state index in [1.807, 2.05) is 20.8 Å². The molecule has 0 fully saturated rings. The molecule has 46 heavy (non-hydrogen) atoms. The average molecular weight is 659 g/mol. The van der Waals surface area contributed by atoms with Gasteiger partial charge in [-0.15, -0.1) is 0 Å². The van der Waals surface area contributed by atoms with Crippen LogP contribution in [0.3, 0.4) is 0 Å². The number of ether oxygens (including phenoxy) is 3. The van der Waals surface area contributed by atoms with Gasteiger partial charge in [0.2, 0.25) is 0 Å². The molecule has 1 unspecified atom stereocenters. The summed E-state index contributed by atoms with van der Waals surface area (Å²) in [6, 6.07) is 6.39. The second-order valence-electron chi connectivity index (χ2n) is 13.4. The number of hydrogen-bond donors (Lipinski definition) is 1. The van der Waals surface area contributed by atoms with E-state index < -0.39 is 52.3 Å². The van der Waals surface area contributed by atoms with E-state index in [1.54, 1.807) is 13.8 Å². The Kier molecular flexibility index (Phi) is 16.1. The van der Waals surface area contributed by atoms with Gasteiger partial charge < -0.3 is 24.1 Å². The van der Waals surface area contributed by atoms with Gasteiger partial charge in [0.05, 0.1) is 18.6 Å². The fourth-order valence-corrected chi connectivity index (χ4v) is 5.54. The monoisotopic (exact) mass is 658 g/mol. The first-order valence-corrected chi connectivity index (χ1v) is 16.0. The molecule has 1 aromatic carbocycles. The minimum absolute atomic E-state index is 0.0327. The van der Waals surface area contributed by atoms with E-state index in [1.165, 1.54) is 25.1 Å². The van der Waals surface area contributed by atoms with Crippen LogP contribution >= 0.6 is 0 Å². The van der Waals surface area contributed by atoms with Gasteiger partial charge in [-0.1, -0.05) is 63.9 Å². The summed E-state index contributed by atoms with van der Waals surface area (Å²) in [6.07, 6.45) is -1.97. The van der Waals surface area contributed by atoms with E-state index in [2.05, 4.69) is 0 Å². The van der Waals surface area contributed by atoms with Crippen molar-refractivity contribution in [1.29, 1.82) is 0 Å². The number of hydrogen-bond acceptors (Lipinski definition) is 8. The van der Waals surface area contributed by atoms with Crippen molar-refractivity contribution in [2.75, 3.05) is 14.2 Å². The summed E-state index contributed by atoms with van der Waals surface area (Å²) in [5.41, 5.74) is -5.66. The minimum atomic E-state index is -5.18. The topological polar surface area (TPSA) is 116 Å². The molecule has 5 atom stereocenters. The van der Waals surface area contributed by atoms with Gasteiger partial charge >= 0.3 is 18.1 Å². The lowest BCUT2D eigenvalue weighted by molar-refractivity contribution is -0.279. The third kappa shape index (κ3) is 12.1. The molecule has 0 aromatic heterocycles. The number of methoxy groups -OCH3 is 2. The fourth-order valence-electron chi connectivity index (χ4n) is 5.54. The molecule has 0 saturated carbocycles. The van der Waals surface area contributed by atoms with E-state index >= 15 is 0 Å². The van der Waals surface area contributed by atoms with E-state index in [0.29, 0.717) is 44.9 Å². The van der Waals surface area contributed by atoms with Gasteiger partial charge in [0.1, 0.15) is 17.7 Å². The van der Waals surface area contributed by atoms with Gasteiger partial charge in [0.15, 0.2) is 0 Å². The molecule has 262 valence electrons. The van der Waals surface area contributed by atoms with Crippen molar-refractivity contribution in [2.45, 2.75) is 129 Å². The first kappa shape index (κ1) is 41.2. The molecule has 0 radical (unpaired) electrons. The van der Waals surface area contributed by atoms with Crippen LogP contribution in [0.15, 0.2) is 30.3 Å². The van der Waals surface area contributed by atoms with Crippen molar-refractivity contribution in [3.05, 3.63) is 35.9 Å². The molecular weight excluding hydrogens is 605 g/mol. The Morgan fingerprint density at radius 2 is 1.46 bits per heavy atom. The smallest absolute Gasteiger partial charge is 0.432 e. The summed E-state index contributed by atoms with van der Waals surface area (Å²) in [6.45, 7) is 10.4. The molecular formula is C35H53F3O8. The number of rotatable bonds is 21. The molecule has 0 heterocycles. The first-order chi connectivity index (χ1) is 21.2.